The Morgan fingerprint density at radius 3 is 1.57 bits per heavy atom. The van der Waals surface area contributed by atoms with Gasteiger partial charge >= 0.3 is 5.97 Å². The van der Waals surface area contributed by atoms with E-state index in [1.807, 2.05) is 20.8 Å². The number of nitrogens with zero attached hydrogens (tertiary/aromatic N) is 5. The molecule has 0 radical (unpaired) electrons. The Labute approximate surface area is 138 Å². The average Bonchev–Trinajstić information content (AvgIpc) is 2.57. The summed E-state index contributed by atoms with van der Waals surface area (Å²) >= 11 is 0. The number of carboxylic acids is 1. The molecule has 0 aliphatic heterocycles. The molecule has 23 heavy (non-hydrogen) atoms. The molecule has 1 N–H and O–H groups in total. The molecule has 0 aromatic heterocycles. The van der Waals surface area contributed by atoms with Gasteiger partial charge in [-0.3, -0.25) is 4.79 Å². The molecule has 0 aliphatic carbocycles. The van der Waals surface area contributed by atoms with Crippen molar-refractivity contribution in [2.45, 2.75) is 71.4 Å². The first-order valence-electron chi connectivity index (χ1n) is 7.56. The van der Waals surface area contributed by atoms with Crippen LogP contribution in [0.5, 0.6) is 0 Å². The predicted molar refractivity (Wildman–Crippen MR) is 85.1 cm³/mol. The summed E-state index contributed by atoms with van der Waals surface area (Å²) in [6.07, 6.45) is 2.38. The summed E-state index contributed by atoms with van der Waals surface area (Å²) < 4.78 is 0. The van der Waals surface area contributed by atoms with Crippen LogP contribution in [0, 0.1) is 39.9 Å². The third-order valence-electron chi connectivity index (χ3n) is 3.38. The van der Waals surface area contributed by atoms with Gasteiger partial charge in [-0.1, -0.05) is 27.2 Å². The maximum absolute atomic E-state index is 10.1. The lowest BCUT2D eigenvalue weighted by Crippen LogP contribution is -2.22. The van der Waals surface area contributed by atoms with Crippen LogP contribution in [0.25, 0.3) is 0 Å². The van der Waals surface area contributed by atoms with E-state index in [4.69, 9.17) is 20.9 Å². The molecular weight excluding hydrogens is 294 g/mol. The number of carbonyl (C=O) groups is 1. The van der Waals surface area contributed by atoms with Crippen LogP contribution in [-0.4, -0.2) is 22.2 Å². The second-order valence-corrected chi connectivity index (χ2v) is 5.49. The summed E-state index contributed by atoms with van der Waals surface area (Å²) in [6.45, 7) is 9.02. The molecule has 3 atom stereocenters. The van der Waals surface area contributed by atoms with Gasteiger partial charge in [0.15, 0.2) is 11.1 Å². The van der Waals surface area contributed by atoms with Crippen molar-refractivity contribution in [2.75, 3.05) is 0 Å². The predicted octanol–water partition coefficient (Wildman–Crippen LogP) is 3.83. The first-order valence-corrected chi connectivity index (χ1v) is 7.56. The summed E-state index contributed by atoms with van der Waals surface area (Å²) in [5.41, 5.74) is -1.60. The van der Waals surface area contributed by atoms with Gasteiger partial charge in [-0.15, -0.1) is 0 Å². The van der Waals surface area contributed by atoms with Gasteiger partial charge in [0, 0.05) is 0 Å². The number of aliphatic carboxylic acids is 1. The van der Waals surface area contributed by atoms with Crippen molar-refractivity contribution in [3.8, 4) is 18.2 Å². The standard InChI is InChI=1S/C10H16N4.C6H9NO2/c1-5-9(3,7-11)13-14-10(4,6-2)8-12;1-2-3-5(4-7)6(8)9/h5-6H2,1-4H3;5H,2-3H2,1H3,(H,8,9). The minimum absolute atomic E-state index is 0.450. The second-order valence-electron chi connectivity index (χ2n) is 5.49. The van der Waals surface area contributed by atoms with Crippen LogP contribution in [0.1, 0.15) is 60.3 Å². The average molecular weight is 319 g/mol. The molecule has 0 spiro atoms. The minimum Gasteiger partial charge on any atom is -0.480 e. The molecule has 0 saturated carbocycles. The second kappa shape index (κ2) is 11.2. The fourth-order valence-corrected chi connectivity index (χ4v) is 1.10. The zero-order valence-electron chi connectivity index (χ0n) is 14.5. The molecule has 0 heterocycles. The lowest BCUT2D eigenvalue weighted by atomic mass is 10.0. The van der Waals surface area contributed by atoms with E-state index in [0.717, 1.165) is 6.42 Å². The molecular formula is C16H25N5O2. The zero-order valence-corrected chi connectivity index (χ0v) is 14.5. The van der Waals surface area contributed by atoms with E-state index < -0.39 is 23.0 Å². The van der Waals surface area contributed by atoms with Crippen LogP contribution in [0.2, 0.25) is 0 Å². The van der Waals surface area contributed by atoms with Crippen molar-refractivity contribution in [1.29, 1.82) is 15.8 Å². The van der Waals surface area contributed by atoms with Crippen molar-refractivity contribution in [1.82, 2.24) is 0 Å². The number of azo groups is 1. The molecule has 0 aromatic carbocycles. The molecule has 126 valence electrons. The van der Waals surface area contributed by atoms with E-state index in [0.29, 0.717) is 19.3 Å². The molecule has 3 unspecified atom stereocenters. The molecule has 0 fully saturated rings. The van der Waals surface area contributed by atoms with Gasteiger partial charge in [-0.2, -0.15) is 26.0 Å². The molecule has 7 heteroatoms. The monoisotopic (exact) mass is 319 g/mol. The smallest absolute Gasteiger partial charge is 0.320 e. The van der Waals surface area contributed by atoms with Crippen molar-refractivity contribution in [2.24, 2.45) is 16.1 Å². The molecule has 0 aliphatic rings. The number of nitriles is 3. The fourth-order valence-electron chi connectivity index (χ4n) is 1.10. The summed E-state index contributed by atoms with van der Waals surface area (Å²) in [6, 6.07) is 5.86. The third-order valence-corrected chi connectivity index (χ3v) is 3.38. The Balaban J connectivity index is 0. The lowest BCUT2D eigenvalue weighted by molar-refractivity contribution is -0.139. The topological polar surface area (TPSA) is 133 Å². The highest BCUT2D eigenvalue weighted by molar-refractivity contribution is 5.72. The van der Waals surface area contributed by atoms with Gasteiger partial charge in [0.2, 0.25) is 0 Å². The Morgan fingerprint density at radius 2 is 1.43 bits per heavy atom. The first kappa shape index (κ1) is 22.8. The molecule has 0 saturated heterocycles. The molecule has 0 bridgehead atoms. The third kappa shape index (κ3) is 9.22. The highest BCUT2D eigenvalue weighted by Gasteiger charge is 2.25. The van der Waals surface area contributed by atoms with Crippen LogP contribution >= 0.6 is 0 Å². The van der Waals surface area contributed by atoms with E-state index in [-0.39, 0.29) is 0 Å². The Bertz CT molecular complexity index is 496. The minimum atomic E-state index is -1.01. The van der Waals surface area contributed by atoms with Gasteiger partial charge in [0.05, 0.1) is 18.2 Å². The molecule has 0 amide bonds. The summed E-state index contributed by atoms with van der Waals surface area (Å²) in [5, 5.41) is 42.1. The van der Waals surface area contributed by atoms with Crippen LogP contribution in [0.4, 0.5) is 0 Å². The van der Waals surface area contributed by atoms with Crippen LogP contribution in [-0.2, 0) is 4.79 Å². The maximum atomic E-state index is 10.1. The Kier molecular flexibility index (Phi) is 11.1. The number of hydrogen-bond donors (Lipinski definition) is 1. The van der Waals surface area contributed by atoms with Crippen LogP contribution < -0.4 is 0 Å². The van der Waals surface area contributed by atoms with E-state index in [1.54, 1.807) is 19.9 Å². The van der Waals surface area contributed by atoms with E-state index in [9.17, 15) is 4.79 Å². The highest BCUT2D eigenvalue weighted by Crippen LogP contribution is 2.20. The summed E-state index contributed by atoms with van der Waals surface area (Å²) in [5.74, 6) is -1.82. The van der Waals surface area contributed by atoms with E-state index in [1.165, 1.54) is 0 Å². The van der Waals surface area contributed by atoms with Gasteiger partial charge in [0.1, 0.15) is 5.92 Å². The summed E-state index contributed by atoms with van der Waals surface area (Å²) in [7, 11) is 0. The summed E-state index contributed by atoms with van der Waals surface area (Å²) in [4.78, 5) is 10.1. The van der Waals surface area contributed by atoms with E-state index >= 15 is 0 Å². The van der Waals surface area contributed by atoms with Crippen molar-refractivity contribution in [3.05, 3.63) is 0 Å². The van der Waals surface area contributed by atoms with Crippen molar-refractivity contribution in [3.63, 3.8) is 0 Å². The van der Waals surface area contributed by atoms with Gasteiger partial charge in [0.25, 0.3) is 0 Å². The van der Waals surface area contributed by atoms with Crippen LogP contribution in [0.3, 0.4) is 0 Å². The fraction of sp³-hybridized carbons (Fsp3) is 0.750. The molecule has 0 aromatic rings. The van der Waals surface area contributed by atoms with Crippen molar-refractivity contribution >= 4 is 5.97 Å². The maximum Gasteiger partial charge on any atom is 0.320 e. The highest BCUT2D eigenvalue weighted by atomic mass is 16.4. The molecule has 0 rings (SSSR count). The van der Waals surface area contributed by atoms with Gasteiger partial charge in [-0.05, 0) is 33.1 Å². The first-order chi connectivity index (χ1) is 10.7. The Hall–Kier alpha value is -2.46. The largest absolute Gasteiger partial charge is 0.480 e. The number of hydrogen-bond acceptors (Lipinski definition) is 6. The molecule has 7 nitrogen and oxygen atoms in total. The van der Waals surface area contributed by atoms with Crippen molar-refractivity contribution < 1.29 is 9.90 Å². The number of carboxylic acid groups (broad SMARTS) is 1. The quantitative estimate of drug-likeness (QED) is 0.711. The normalized spacial score (nSPS) is 16.4. The Morgan fingerprint density at radius 1 is 1.04 bits per heavy atom. The van der Waals surface area contributed by atoms with Gasteiger partial charge in [-0.25, -0.2) is 0 Å². The zero-order chi connectivity index (χ0) is 18.5. The van der Waals surface area contributed by atoms with Gasteiger partial charge < -0.3 is 5.11 Å². The van der Waals surface area contributed by atoms with Crippen LogP contribution in [0.15, 0.2) is 10.2 Å². The number of rotatable bonds is 7. The van der Waals surface area contributed by atoms with E-state index in [2.05, 4.69) is 22.4 Å². The lowest BCUT2D eigenvalue weighted by Gasteiger charge is -2.16. The SMILES string of the molecule is CCC(C)(C#N)N=NC(C)(C#N)CC.CCCC(C#N)C(=O)O.